The maximum Gasteiger partial charge on any atom is 0.103 e. The van der Waals surface area contributed by atoms with Gasteiger partial charge >= 0.3 is 0 Å². The fourth-order valence-corrected chi connectivity index (χ4v) is 2.07. The number of nitriles is 1. The lowest BCUT2D eigenvalue weighted by Crippen LogP contribution is -2.37. The van der Waals surface area contributed by atoms with E-state index in [0.717, 1.165) is 12.8 Å². The summed E-state index contributed by atoms with van der Waals surface area (Å²) in [4.78, 5) is 0. The van der Waals surface area contributed by atoms with Crippen LogP contribution in [0.25, 0.3) is 0 Å². The molecule has 0 amide bonds. The zero-order valence-electron chi connectivity index (χ0n) is 9.60. The first-order valence-electron chi connectivity index (χ1n) is 5.36. The molecule has 1 atom stereocenters. The summed E-state index contributed by atoms with van der Waals surface area (Å²) in [6.07, 6.45) is 4.58. The van der Waals surface area contributed by atoms with E-state index in [9.17, 15) is 0 Å². The van der Waals surface area contributed by atoms with Gasteiger partial charge in [-0.05, 0) is 51.2 Å². The Bertz CT molecular complexity index is 177. The average molecular weight is 214 g/mol. The van der Waals surface area contributed by atoms with Gasteiger partial charge in [0.25, 0.3) is 0 Å². The van der Waals surface area contributed by atoms with Crippen LogP contribution in [0.15, 0.2) is 0 Å². The molecule has 3 heteroatoms. The monoisotopic (exact) mass is 214 g/mol. The number of hydrogen-bond donors (Lipinski definition) is 1. The summed E-state index contributed by atoms with van der Waals surface area (Å²) in [5, 5.41) is 12.0. The maximum absolute atomic E-state index is 8.91. The predicted molar refractivity (Wildman–Crippen MR) is 64.5 cm³/mol. The average Bonchev–Trinajstić information content (AvgIpc) is 2.23. The number of nitrogens with one attached hydrogen (secondary N) is 1. The molecule has 1 unspecified atom stereocenters. The van der Waals surface area contributed by atoms with Crippen LogP contribution in [0.4, 0.5) is 0 Å². The van der Waals surface area contributed by atoms with Crippen molar-refractivity contribution >= 4 is 11.8 Å². The Morgan fingerprint density at radius 3 is 2.57 bits per heavy atom. The van der Waals surface area contributed by atoms with Crippen LogP contribution in [-0.4, -0.2) is 24.1 Å². The highest BCUT2D eigenvalue weighted by Gasteiger charge is 2.19. The summed E-state index contributed by atoms with van der Waals surface area (Å²) in [5.74, 6) is 2.50. The van der Waals surface area contributed by atoms with Gasteiger partial charge in [0.05, 0.1) is 6.07 Å². The molecule has 82 valence electrons. The molecule has 0 spiro atoms. The number of hydrogen-bond acceptors (Lipinski definition) is 3. The lowest BCUT2D eigenvalue weighted by molar-refractivity contribution is 0.439. The molecule has 14 heavy (non-hydrogen) atoms. The summed E-state index contributed by atoms with van der Waals surface area (Å²) < 4.78 is 0. The SMILES string of the molecule is CCCSCCCCC(C)(C#N)NC. The van der Waals surface area contributed by atoms with E-state index in [1.807, 2.05) is 25.7 Å². The quantitative estimate of drug-likeness (QED) is 0.631. The molecule has 0 aliphatic heterocycles. The second kappa shape index (κ2) is 8.14. The lowest BCUT2D eigenvalue weighted by Gasteiger charge is -2.20. The molecule has 0 rings (SSSR count). The third-order valence-electron chi connectivity index (χ3n) is 2.36. The van der Waals surface area contributed by atoms with Crippen molar-refractivity contribution in [1.29, 1.82) is 5.26 Å². The molecule has 0 heterocycles. The number of unbranched alkanes of at least 4 members (excludes halogenated alkanes) is 1. The zero-order valence-corrected chi connectivity index (χ0v) is 10.4. The maximum atomic E-state index is 8.91. The lowest BCUT2D eigenvalue weighted by atomic mass is 9.97. The Morgan fingerprint density at radius 1 is 1.36 bits per heavy atom. The minimum absolute atomic E-state index is 0.324. The molecular weight excluding hydrogens is 192 g/mol. The molecule has 0 aliphatic carbocycles. The molecule has 0 bridgehead atoms. The van der Waals surface area contributed by atoms with Crippen molar-refractivity contribution in [3.05, 3.63) is 0 Å². The van der Waals surface area contributed by atoms with E-state index >= 15 is 0 Å². The van der Waals surface area contributed by atoms with E-state index in [1.165, 1.54) is 24.3 Å². The van der Waals surface area contributed by atoms with Crippen LogP contribution in [-0.2, 0) is 0 Å². The normalized spacial score (nSPS) is 14.7. The van der Waals surface area contributed by atoms with Crippen LogP contribution in [0.5, 0.6) is 0 Å². The van der Waals surface area contributed by atoms with Crippen LogP contribution in [0, 0.1) is 11.3 Å². The van der Waals surface area contributed by atoms with Crippen LogP contribution >= 0.6 is 11.8 Å². The summed E-state index contributed by atoms with van der Waals surface area (Å²) in [6.45, 7) is 4.17. The highest BCUT2D eigenvalue weighted by atomic mass is 32.2. The van der Waals surface area contributed by atoms with Crippen molar-refractivity contribution in [1.82, 2.24) is 5.32 Å². The molecular formula is C11H22N2S. The number of thioether (sulfide) groups is 1. The van der Waals surface area contributed by atoms with Gasteiger partial charge in [0.1, 0.15) is 5.54 Å². The van der Waals surface area contributed by atoms with Gasteiger partial charge in [0, 0.05) is 0 Å². The number of rotatable bonds is 8. The molecule has 1 N–H and O–H groups in total. The summed E-state index contributed by atoms with van der Waals surface area (Å²) >= 11 is 2.02. The second-order valence-electron chi connectivity index (χ2n) is 3.76. The van der Waals surface area contributed by atoms with Gasteiger partial charge in [-0.3, -0.25) is 0 Å². The molecule has 0 aromatic rings. The zero-order chi connectivity index (χ0) is 10.9. The van der Waals surface area contributed by atoms with Gasteiger partial charge in [-0.1, -0.05) is 6.92 Å². The van der Waals surface area contributed by atoms with Gasteiger partial charge in [-0.2, -0.15) is 17.0 Å². The van der Waals surface area contributed by atoms with Crippen LogP contribution < -0.4 is 5.32 Å². The van der Waals surface area contributed by atoms with Crippen molar-refractivity contribution in [3.63, 3.8) is 0 Å². The van der Waals surface area contributed by atoms with E-state index in [4.69, 9.17) is 5.26 Å². The Kier molecular flexibility index (Phi) is 8.02. The Hall–Kier alpha value is -0.200. The minimum atomic E-state index is -0.324. The van der Waals surface area contributed by atoms with Gasteiger partial charge in [-0.15, -0.1) is 0 Å². The Labute approximate surface area is 92.5 Å². The van der Waals surface area contributed by atoms with Crippen molar-refractivity contribution in [2.75, 3.05) is 18.6 Å². The highest BCUT2D eigenvalue weighted by Crippen LogP contribution is 2.14. The second-order valence-corrected chi connectivity index (χ2v) is 4.99. The molecule has 2 nitrogen and oxygen atoms in total. The molecule has 0 aliphatic rings. The van der Waals surface area contributed by atoms with Gasteiger partial charge in [0.2, 0.25) is 0 Å². The van der Waals surface area contributed by atoms with Crippen molar-refractivity contribution in [3.8, 4) is 6.07 Å². The van der Waals surface area contributed by atoms with Gasteiger partial charge in [0.15, 0.2) is 0 Å². The van der Waals surface area contributed by atoms with Crippen molar-refractivity contribution in [2.24, 2.45) is 0 Å². The highest BCUT2D eigenvalue weighted by molar-refractivity contribution is 7.99. The third-order valence-corrected chi connectivity index (χ3v) is 3.64. The molecule has 0 aromatic heterocycles. The van der Waals surface area contributed by atoms with Crippen molar-refractivity contribution < 1.29 is 0 Å². The Balaban J connectivity index is 3.40. The molecule has 0 saturated carbocycles. The van der Waals surface area contributed by atoms with E-state index in [2.05, 4.69) is 18.3 Å². The van der Waals surface area contributed by atoms with Crippen molar-refractivity contribution in [2.45, 2.75) is 45.1 Å². The largest absolute Gasteiger partial charge is 0.303 e. The standard InChI is InChI=1S/C11H22N2S/c1-4-8-14-9-6-5-7-11(2,10-12)13-3/h13H,4-9H2,1-3H3. The number of nitrogens with zero attached hydrogens (tertiary/aromatic N) is 1. The van der Waals surface area contributed by atoms with Gasteiger partial charge < -0.3 is 5.32 Å². The van der Waals surface area contributed by atoms with Crippen LogP contribution in [0.2, 0.25) is 0 Å². The van der Waals surface area contributed by atoms with Crippen LogP contribution in [0.3, 0.4) is 0 Å². The molecule has 0 radical (unpaired) electrons. The summed E-state index contributed by atoms with van der Waals surface area (Å²) in [5.41, 5.74) is -0.324. The fraction of sp³-hybridized carbons (Fsp3) is 0.909. The molecule has 0 aromatic carbocycles. The Morgan fingerprint density at radius 2 is 2.07 bits per heavy atom. The first kappa shape index (κ1) is 13.8. The molecule has 0 saturated heterocycles. The summed E-state index contributed by atoms with van der Waals surface area (Å²) in [6, 6.07) is 2.31. The van der Waals surface area contributed by atoms with E-state index in [-0.39, 0.29) is 5.54 Å². The van der Waals surface area contributed by atoms with Gasteiger partial charge in [-0.25, -0.2) is 0 Å². The van der Waals surface area contributed by atoms with E-state index in [1.54, 1.807) is 0 Å². The first-order valence-corrected chi connectivity index (χ1v) is 6.52. The minimum Gasteiger partial charge on any atom is -0.303 e. The third kappa shape index (κ3) is 6.28. The smallest absolute Gasteiger partial charge is 0.103 e. The topological polar surface area (TPSA) is 35.8 Å². The van der Waals surface area contributed by atoms with E-state index in [0.29, 0.717) is 0 Å². The van der Waals surface area contributed by atoms with Crippen LogP contribution in [0.1, 0.15) is 39.5 Å². The first-order chi connectivity index (χ1) is 6.68. The van der Waals surface area contributed by atoms with E-state index < -0.39 is 0 Å². The summed E-state index contributed by atoms with van der Waals surface area (Å²) in [7, 11) is 1.86. The fourth-order valence-electron chi connectivity index (χ4n) is 1.17. The molecule has 0 fully saturated rings. The predicted octanol–water partition coefficient (Wildman–Crippen LogP) is 2.80.